The number of rotatable bonds is 7. The van der Waals surface area contributed by atoms with E-state index in [4.69, 9.17) is 5.73 Å². The first kappa shape index (κ1) is 16.5. The van der Waals surface area contributed by atoms with Crippen molar-refractivity contribution in [3.05, 3.63) is 35.4 Å². The zero-order chi connectivity index (χ0) is 15.1. The van der Waals surface area contributed by atoms with E-state index in [1.807, 2.05) is 0 Å². The van der Waals surface area contributed by atoms with Crippen LogP contribution in [0.3, 0.4) is 0 Å². The Morgan fingerprint density at radius 2 is 1.76 bits per heavy atom. The summed E-state index contributed by atoms with van der Waals surface area (Å²) in [6.45, 7) is 8.68. The molecular weight excluding hydrogens is 258 g/mol. The highest BCUT2D eigenvalue weighted by Crippen LogP contribution is 2.17. The molecule has 0 spiro atoms. The van der Waals surface area contributed by atoms with Crippen LogP contribution in [0.25, 0.3) is 0 Å². The number of benzene rings is 1. The molecule has 0 aliphatic heterocycles. The van der Waals surface area contributed by atoms with Crippen LogP contribution in [-0.2, 0) is 13.1 Å². The van der Waals surface area contributed by atoms with Crippen LogP contribution in [0.15, 0.2) is 24.3 Å². The molecule has 1 aliphatic carbocycles. The van der Waals surface area contributed by atoms with E-state index in [0.717, 1.165) is 32.6 Å². The van der Waals surface area contributed by atoms with Gasteiger partial charge in [-0.3, -0.25) is 4.90 Å². The minimum atomic E-state index is 0.396. The fourth-order valence-corrected chi connectivity index (χ4v) is 3.14. The molecule has 118 valence electrons. The molecule has 3 N–H and O–H groups in total. The topological polar surface area (TPSA) is 41.3 Å². The first-order valence-corrected chi connectivity index (χ1v) is 8.50. The molecule has 0 heterocycles. The van der Waals surface area contributed by atoms with E-state index in [1.165, 1.54) is 30.4 Å². The summed E-state index contributed by atoms with van der Waals surface area (Å²) in [7, 11) is 0. The molecule has 0 saturated heterocycles. The predicted octanol–water partition coefficient (Wildman–Crippen LogP) is 2.89. The summed E-state index contributed by atoms with van der Waals surface area (Å²) in [5.74, 6) is 0. The number of nitrogens with one attached hydrogen (secondary N) is 1. The van der Waals surface area contributed by atoms with Crippen LogP contribution in [0, 0.1) is 0 Å². The number of nitrogens with zero attached hydrogens (tertiary/aromatic N) is 1. The summed E-state index contributed by atoms with van der Waals surface area (Å²) >= 11 is 0. The summed E-state index contributed by atoms with van der Waals surface area (Å²) in [5.41, 5.74) is 8.82. The van der Waals surface area contributed by atoms with Gasteiger partial charge in [-0.1, -0.05) is 44.5 Å². The molecule has 1 aromatic carbocycles. The molecule has 21 heavy (non-hydrogen) atoms. The van der Waals surface area contributed by atoms with E-state index in [1.54, 1.807) is 0 Å². The Labute approximate surface area is 129 Å². The fourth-order valence-electron chi connectivity index (χ4n) is 3.14. The van der Waals surface area contributed by atoms with E-state index in [9.17, 15) is 0 Å². The van der Waals surface area contributed by atoms with Crippen molar-refractivity contribution in [1.82, 2.24) is 10.2 Å². The molecule has 1 saturated carbocycles. The van der Waals surface area contributed by atoms with Crippen LogP contribution < -0.4 is 11.1 Å². The van der Waals surface area contributed by atoms with E-state index in [-0.39, 0.29) is 0 Å². The van der Waals surface area contributed by atoms with E-state index < -0.39 is 0 Å². The van der Waals surface area contributed by atoms with Crippen LogP contribution in [-0.4, -0.2) is 30.1 Å². The van der Waals surface area contributed by atoms with E-state index >= 15 is 0 Å². The molecule has 3 heteroatoms. The van der Waals surface area contributed by atoms with Gasteiger partial charge in [0.15, 0.2) is 0 Å². The van der Waals surface area contributed by atoms with Gasteiger partial charge in [-0.2, -0.15) is 0 Å². The van der Waals surface area contributed by atoms with Crippen LogP contribution in [0.4, 0.5) is 0 Å². The monoisotopic (exact) mass is 289 g/mol. The Hall–Kier alpha value is -0.900. The van der Waals surface area contributed by atoms with Crippen molar-refractivity contribution in [1.29, 1.82) is 0 Å². The first-order chi connectivity index (χ1) is 10.2. The van der Waals surface area contributed by atoms with Crippen molar-refractivity contribution in [2.45, 2.75) is 64.7 Å². The summed E-state index contributed by atoms with van der Waals surface area (Å²) in [4.78, 5) is 2.44. The van der Waals surface area contributed by atoms with Gasteiger partial charge in [0, 0.05) is 25.2 Å². The van der Waals surface area contributed by atoms with Gasteiger partial charge in [0.2, 0.25) is 0 Å². The molecule has 1 aliphatic rings. The second-order valence-corrected chi connectivity index (χ2v) is 6.28. The lowest BCUT2D eigenvalue weighted by atomic mass is 9.91. The summed E-state index contributed by atoms with van der Waals surface area (Å²) in [6.07, 6.45) is 4.85. The standard InChI is InChI=1S/C18H31N3/c1-3-21(4-2)14-16-10-8-15(9-11-16)13-20-18-7-5-6-17(19)12-18/h8-11,17-18,20H,3-7,12-14,19H2,1-2H3. The van der Waals surface area contributed by atoms with Crippen molar-refractivity contribution < 1.29 is 0 Å². The maximum absolute atomic E-state index is 6.04. The highest BCUT2D eigenvalue weighted by molar-refractivity contribution is 5.22. The van der Waals surface area contributed by atoms with Crippen LogP contribution >= 0.6 is 0 Å². The van der Waals surface area contributed by atoms with Gasteiger partial charge in [0.25, 0.3) is 0 Å². The lowest BCUT2D eigenvalue weighted by Crippen LogP contribution is -2.39. The lowest BCUT2D eigenvalue weighted by Gasteiger charge is -2.27. The summed E-state index contributed by atoms with van der Waals surface area (Å²) < 4.78 is 0. The van der Waals surface area contributed by atoms with Crippen LogP contribution in [0.2, 0.25) is 0 Å². The second-order valence-electron chi connectivity index (χ2n) is 6.28. The van der Waals surface area contributed by atoms with Gasteiger partial charge in [-0.25, -0.2) is 0 Å². The maximum Gasteiger partial charge on any atom is 0.0233 e. The molecule has 0 bridgehead atoms. The lowest BCUT2D eigenvalue weighted by molar-refractivity contribution is 0.296. The SMILES string of the molecule is CCN(CC)Cc1ccc(CNC2CCCC(N)C2)cc1. The van der Waals surface area contributed by atoms with Gasteiger partial charge in [-0.15, -0.1) is 0 Å². The Morgan fingerprint density at radius 1 is 1.10 bits per heavy atom. The normalized spacial score (nSPS) is 22.7. The molecule has 0 aromatic heterocycles. The average Bonchev–Trinajstić information content (AvgIpc) is 2.52. The Bertz CT molecular complexity index is 397. The van der Waals surface area contributed by atoms with Crippen LogP contribution in [0.1, 0.15) is 50.7 Å². The summed E-state index contributed by atoms with van der Waals surface area (Å²) in [5, 5.41) is 3.66. The smallest absolute Gasteiger partial charge is 0.0233 e. The molecule has 1 aromatic rings. The van der Waals surface area contributed by atoms with Crippen molar-refractivity contribution >= 4 is 0 Å². The largest absolute Gasteiger partial charge is 0.328 e. The van der Waals surface area contributed by atoms with E-state index in [2.05, 4.69) is 48.3 Å². The highest BCUT2D eigenvalue weighted by atomic mass is 15.1. The highest BCUT2D eigenvalue weighted by Gasteiger charge is 2.18. The predicted molar refractivity (Wildman–Crippen MR) is 90.1 cm³/mol. The summed E-state index contributed by atoms with van der Waals surface area (Å²) in [6, 6.07) is 10.0. The maximum atomic E-state index is 6.04. The zero-order valence-corrected chi connectivity index (χ0v) is 13.6. The van der Waals surface area contributed by atoms with Gasteiger partial charge >= 0.3 is 0 Å². The van der Waals surface area contributed by atoms with Crippen molar-refractivity contribution in [2.75, 3.05) is 13.1 Å². The molecule has 2 rings (SSSR count). The molecule has 3 nitrogen and oxygen atoms in total. The fraction of sp³-hybridized carbons (Fsp3) is 0.667. The molecule has 0 radical (unpaired) electrons. The number of nitrogens with two attached hydrogens (primary N) is 1. The van der Waals surface area contributed by atoms with Gasteiger partial charge in [0.1, 0.15) is 0 Å². The van der Waals surface area contributed by atoms with Gasteiger partial charge in [-0.05, 0) is 43.5 Å². The quantitative estimate of drug-likeness (QED) is 0.811. The Morgan fingerprint density at radius 3 is 2.38 bits per heavy atom. The molecule has 0 amide bonds. The van der Waals surface area contributed by atoms with Gasteiger partial charge in [0.05, 0.1) is 0 Å². The first-order valence-electron chi connectivity index (χ1n) is 8.50. The minimum absolute atomic E-state index is 0.396. The van der Waals surface area contributed by atoms with Crippen molar-refractivity contribution in [3.8, 4) is 0 Å². The molecule has 2 unspecified atom stereocenters. The van der Waals surface area contributed by atoms with Crippen LogP contribution in [0.5, 0.6) is 0 Å². The zero-order valence-electron chi connectivity index (χ0n) is 13.6. The molecule has 1 fully saturated rings. The Balaban J connectivity index is 1.79. The van der Waals surface area contributed by atoms with Crippen molar-refractivity contribution in [3.63, 3.8) is 0 Å². The average molecular weight is 289 g/mol. The van der Waals surface area contributed by atoms with E-state index in [0.29, 0.717) is 12.1 Å². The molecular formula is C18H31N3. The third-order valence-corrected chi connectivity index (χ3v) is 4.63. The number of hydrogen-bond acceptors (Lipinski definition) is 3. The second kappa shape index (κ2) is 8.52. The van der Waals surface area contributed by atoms with Crippen molar-refractivity contribution in [2.24, 2.45) is 5.73 Å². The van der Waals surface area contributed by atoms with Gasteiger partial charge < -0.3 is 11.1 Å². The third kappa shape index (κ3) is 5.42. The molecule has 2 atom stereocenters. The number of hydrogen-bond donors (Lipinski definition) is 2. The minimum Gasteiger partial charge on any atom is -0.328 e. The third-order valence-electron chi connectivity index (χ3n) is 4.63. The Kier molecular flexibility index (Phi) is 6.68.